The number of ketones is 2. The van der Waals surface area contributed by atoms with E-state index in [9.17, 15) is 50.1 Å². The molecule has 0 aromatic heterocycles. The molecule has 4 fully saturated rings. The second kappa shape index (κ2) is 12.6. The van der Waals surface area contributed by atoms with E-state index in [2.05, 4.69) is 54.5 Å². The first-order chi connectivity index (χ1) is 25.8. The van der Waals surface area contributed by atoms with E-state index in [1.54, 1.807) is 0 Å². The summed E-state index contributed by atoms with van der Waals surface area (Å²) in [5.74, 6) is -3.36. The van der Waals surface area contributed by atoms with Gasteiger partial charge in [-0.1, -0.05) is 60.1 Å². The van der Waals surface area contributed by atoms with Crippen LogP contribution in [0.4, 0.5) is 0 Å². The van der Waals surface area contributed by atoms with Crippen molar-refractivity contribution in [2.45, 2.75) is 132 Å². The van der Waals surface area contributed by atoms with E-state index in [0.29, 0.717) is 24.7 Å². The van der Waals surface area contributed by atoms with E-state index in [1.807, 2.05) is 0 Å². The van der Waals surface area contributed by atoms with Gasteiger partial charge in [-0.15, -0.1) is 0 Å². The summed E-state index contributed by atoms with van der Waals surface area (Å²) in [6, 6.07) is 2.33. The van der Waals surface area contributed by atoms with Gasteiger partial charge in [0, 0.05) is 0 Å². The lowest BCUT2D eigenvalue weighted by Gasteiger charge is -2.71. The fraction of sp³-hybridized carbons (Fsp3) is 0.630. The third-order valence-corrected chi connectivity index (χ3v) is 16.9. The number of carboxylic acid groups (broad SMARTS) is 1. The smallest absolute Gasteiger partial charge is 0.312 e. The minimum absolute atomic E-state index is 0.0218. The SMILES string of the molecule is CC1(C)CCC2(C(=O)O)C(O)CC3(C)C(=CCC4C5(C)CCC(O)C(C)(C)C5CCC43C)C2C1.Cc1cc(O)c2c(c1O)C(=O)c1c(O)cc(C)c(O)c1C2=O. The van der Waals surface area contributed by atoms with Crippen molar-refractivity contribution >= 4 is 17.5 Å². The summed E-state index contributed by atoms with van der Waals surface area (Å²) in [6.45, 7) is 19.3. The molecule has 304 valence electrons. The highest BCUT2D eigenvalue weighted by Crippen LogP contribution is 2.75. The monoisotopic (exact) mass is 772 g/mol. The molecule has 0 spiro atoms. The molecule has 6 aliphatic carbocycles. The van der Waals surface area contributed by atoms with Gasteiger partial charge in [0.05, 0.1) is 34.5 Å². The maximum absolute atomic E-state index is 12.8. The first kappa shape index (κ1) is 40.3. The summed E-state index contributed by atoms with van der Waals surface area (Å²) in [6.07, 6.45) is 9.35. The Morgan fingerprint density at radius 2 is 1.21 bits per heavy atom. The largest absolute Gasteiger partial charge is 0.507 e. The summed E-state index contributed by atoms with van der Waals surface area (Å²) < 4.78 is 0. The van der Waals surface area contributed by atoms with Crippen molar-refractivity contribution in [1.82, 2.24) is 0 Å². The van der Waals surface area contributed by atoms with E-state index < -0.39 is 52.1 Å². The molecule has 0 radical (unpaired) electrons. The molecule has 9 unspecified atom stereocenters. The quantitative estimate of drug-likeness (QED) is 0.0939. The van der Waals surface area contributed by atoms with Crippen molar-refractivity contribution in [1.29, 1.82) is 0 Å². The number of rotatable bonds is 1. The van der Waals surface area contributed by atoms with Gasteiger partial charge in [0.25, 0.3) is 0 Å². The van der Waals surface area contributed by atoms with Crippen molar-refractivity contribution in [3.05, 3.63) is 57.2 Å². The highest BCUT2D eigenvalue weighted by Gasteiger charge is 2.71. The second-order valence-electron chi connectivity index (χ2n) is 20.4. The molecule has 0 saturated heterocycles. The van der Waals surface area contributed by atoms with Crippen LogP contribution in [0.2, 0.25) is 0 Å². The summed E-state index contributed by atoms with van der Waals surface area (Å²) in [5, 5.41) is 73.2. The Morgan fingerprint density at radius 1 is 0.679 bits per heavy atom. The number of benzene rings is 2. The lowest BCUT2D eigenvalue weighted by atomic mass is 9.33. The highest BCUT2D eigenvalue weighted by atomic mass is 16.4. The van der Waals surface area contributed by atoms with E-state index in [1.165, 1.54) is 19.4 Å². The van der Waals surface area contributed by atoms with E-state index in [4.69, 9.17) is 0 Å². The van der Waals surface area contributed by atoms with Crippen LogP contribution in [0.15, 0.2) is 23.8 Å². The first-order valence-electron chi connectivity index (χ1n) is 20.3. The third-order valence-electron chi connectivity index (χ3n) is 16.9. The van der Waals surface area contributed by atoms with Gasteiger partial charge in [-0.25, -0.2) is 0 Å². The van der Waals surface area contributed by atoms with Crippen LogP contribution in [0, 0.1) is 64.1 Å². The van der Waals surface area contributed by atoms with Crippen LogP contribution < -0.4 is 0 Å². The average molecular weight is 773 g/mol. The molecule has 10 heteroatoms. The number of phenols is 4. The van der Waals surface area contributed by atoms with Crippen molar-refractivity contribution in [2.75, 3.05) is 0 Å². The lowest BCUT2D eigenvalue weighted by molar-refractivity contribution is -0.218. The summed E-state index contributed by atoms with van der Waals surface area (Å²) >= 11 is 0. The number of aliphatic hydroxyl groups is 2. The Hall–Kier alpha value is -3.89. The number of carbonyl (C=O) groups excluding carboxylic acids is 2. The molecule has 2 aromatic rings. The zero-order valence-electron chi connectivity index (χ0n) is 34.3. The van der Waals surface area contributed by atoms with E-state index in [0.717, 1.165) is 57.1 Å². The number of hydrogen-bond donors (Lipinski definition) is 7. The number of phenolic OH excluding ortho intramolecular Hbond substituents is 4. The molecular weight excluding hydrogens is 712 g/mol. The van der Waals surface area contributed by atoms with Gasteiger partial charge in [0.15, 0.2) is 0 Å². The first-order valence-corrected chi connectivity index (χ1v) is 20.3. The van der Waals surface area contributed by atoms with Gasteiger partial charge in [0.1, 0.15) is 28.4 Å². The maximum Gasteiger partial charge on any atom is 0.312 e. The molecule has 2 aromatic carbocycles. The fourth-order valence-corrected chi connectivity index (χ4v) is 13.4. The van der Waals surface area contributed by atoms with Crippen molar-refractivity contribution < 1.29 is 50.1 Å². The predicted octanol–water partition coefficient (Wildman–Crippen LogP) is 8.11. The van der Waals surface area contributed by atoms with Gasteiger partial charge in [0.2, 0.25) is 11.6 Å². The topological polar surface area (TPSA) is 193 Å². The molecule has 7 N–H and O–H groups in total. The van der Waals surface area contributed by atoms with Crippen molar-refractivity contribution in [3.63, 3.8) is 0 Å². The fourth-order valence-electron chi connectivity index (χ4n) is 13.4. The Labute approximate surface area is 329 Å². The van der Waals surface area contributed by atoms with Crippen LogP contribution in [0.5, 0.6) is 23.0 Å². The average Bonchev–Trinajstić information content (AvgIpc) is 3.09. The Bertz CT molecular complexity index is 2020. The van der Waals surface area contributed by atoms with Crippen LogP contribution in [0.1, 0.15) is 149 Å². The van der Waals surface area contributed by atoms with Crippen LogP contribution in [-0.4, -0.2) is 65.5 Å². The van der Waals surface area contributed by atoms with Gasteiger partial charge in [-0.3, -0.25) is 14.4 Å². The zero-order valence-corrected chi connectivity index (χ0v) is 34.3. The molecule has 56 heavy (non-hydrogen) atoms. The summed E-state index contributed by atoms with van der Waals surface area (Å²) in [4.78, 5) is 37.9. The Morgan fingerprint density at radius 3 is 1.73 bits per heavy atom. The molecule has 0 amide bonds. The molecule has 9 atom stereocenters. The number of carboxylic acids is 1. The minimum atomic E-state index is -1.04. The number of carbonyl (C=O) groups is 3. The van der Waals surface area contributed by atoms with Gasteiger partial charge in [-0.05, 0) is 140 Å². The molecular formula is C46H60O10. The van der Waals surface area contributed by atoms with Gasteiger partial charge >= 0.3 is 5.97 Å². The number of aliphatic carboxylic acids is 1. The van der Waals surface area contributed by atoms with E-state index in [-0.39, 0.29) is 72.5 Å². The standard InChI is InChI=1S/C30H48O4.C16H12O6/c1-25(2)14-15-30(24(33)34)19(16-25)18-8-9-21-27(5)12-11-22(31)26(3,4)20(27)10-13-28(21,6)29(18,7)17-23(30)32;1-5-3-7(17)9-11(13(5)19)15(21)10-8(18)4-6(2)14(20)12(10)16(9)22/h8,19-23,31-32H,9-17H2,1-7H3,(H,33,34);3-4,17-20H,1-2H3. The molecule has 0 heterocycles. The second-order valence-corrected chi connectivity index (χ2v) is 20.4. The van der Waals surface area contributed by atoms with Crippen LogP contribution in [0.25, 0.3) is 0 Å². The third kappa shape index (κ3) is 5.16. The summed E-state index contributed by atoms with van der Waals surface area (Å²) in [7, 11) is 0. The molecule has 10 nitrogen and oxygen atoms in total. The van der Waals surface area contributed by atoms with E-state index >= 15 is 0 Å². The maximum atomic E-state index is 12.8. The molecule has 0 aliphatic heterocycles. The number of aliphatic hydroxyl groups excluding tert-OH is 2. The zero-order chi connectivity index (χ0) is 41.5. The minimum Gasteiger partial charge on any atom is -0.507 e. The predicted molar refractivity (Wildman–Crippen MR) is 210 cm³/mol. The van der Waals surface area contributed by atoms with Crippen LogP contribution >= 0.6 is 0 Å². The highest BCUT2D eigenvalue weighted by molar-refractivity contribution is 6.32. The van der Waals surface area contributed by atoms with Crippen LogP contribution in [-0.2, 0) is 4.79 Å². The Balaban J connectivity index is 0.000000189. The molecule has 0 bridgehead atoms. The van der Waals surface area contributed by atoms with Crippen molar-refractivity contribution in [2.24, 2.45) is 50.2 Å². The Kier molecular flexibility index (Phi) is 9.04. The lowest BCUT2D eigenvalue weighted by Crippen LogP contribution is -2.67. The number of aromatic hydroxyl groups is 4. The van der Waals surface area contributed by atoms with Gasteiger partial charge < -0.3 is 35.7 Å². The van der Waals surface area contributed by atoms with Gasteiger partial charge in [-0.2, -0.15) is 0 Å². The number of fused-ring (bicyclic) bond motifs is 9. The molecule has 4 saturated carbocycles. The number of hydrogen-bond acceptors (Lipinski definition) is 9. The number of aryl methyl sites for hydroxylation is 2. The van der Waals surface area contributed by atoms with Crippen molar-refractivity contribution in [3.8, 4) is 23.0 Å². The molecule has 6 aliphatic rings. The summed E-state index contributed by atoms with van der Waals surface area (Å²) in [5.41, 5.74) is -0.749. The number of allylic oxidation sites excluding steroid dienone is 2. The van der Waals surface area contributed by atoms with Crippen LogP contribution in [0.3, 0.4) is 0 Å². The molecule has 8 rings (SSSR count). The normalized spacial score (nSPS) is 37.6.